The average molecular weight is 428 g/mol. The van der Waals surface area contributed by atoms with Crippen LogP contribution in [0.5, 0.6) is 0 Å². The van der Waals surface area contributed by atoms with Crippen molar-refractivity contribution < 1.29 is 4.79 Å². The Labute approximate surface area is 183 Å². The zero-order valence-electron chi connectivity index (χ0n) is 16.9. The van der Waals surface area contributed by atoms with Crippen molar-refractivity contribution in [1.29, 1.82) is 0 Å². The SMILES string of the molecule is CC(NC(=O)c1cn(Cc2ccccc2)nc1-c1cccs1)c1nc2ccccc2[nH]1. The van der Waals surface area contributed by atoms with E-state index < -0.39 is 0 Å². The highest BCUT2D eigenvalue weighted by Gasteiger charge is 2.21. The molecule has 0 spiro atoms. The number of aromatic nitrogens is 4. The summed E-state index contributed by atoms with van der Waals surface area (Å²) in [7, 11) is 0. The molecule has 5 rings (SSSR count). The highest BCUT2D eigenvalue weighted by Crippen LogP contribution is 2.27. The molecule has 3 aromatic heterocycles. The van der Waals surface area contributed by atoms with Crippen LogP contribution in [0.2, 0.25) is 0 Å². The van der Waals surface area contributed by atoms with Gasteiger partial charge in [-0.15, -0.1) is 11.3 Å². The van der Waals surface area contributed by atoms with Gasteiger partial charge in [0.25, 0.3) is 5.91 Å². The predicted octanol–water partition coefficient (Wildman–Crippen LogP) is 5.03. The van der Waals surface area contributed by atoms with E-state index in [-0.39, 0.29) is 11.9 Å². The summed E-state index contributed by atoms with van der Waals surface area (Å²) in [5.41, 5.74) is 4.22. The lowest BCUT2D eigenvalue weighted by atomic mass is 10.2. The molecule has 1 atom stereocenters. The zero-order chi connectivity index (χ0) is 21.2. The number of imidazole rings is 1. The molecular formula is C24H21N5OS. The zero-order valence-corrected chi connectivity index (χ0v) is 17.8. The van der Waals surface area contributed by atoms with Gasteiger partial charge < -0.3 is 10.3 Å². The second-order valence-electron chi connectivity index (χ2n) is 7.39. The highest BCUT2D eigenvalue weighted by atomic mass is 32.1. The number of nitrogens with zero attached hydrogens (tertiary/aromatic N) is 3. The van der Waals surface area contributed by atoms with Crippen LogP contribution in [0.1, 0.15) is 34.7 Å². The van der Waals surface area contributed by atoms with Crippen LogP contribution in [0.4, 0.5) is 0 Å². The molecular weight excluding hydrogens is 406 g/mol. The summed E-state index contributed by atoms with van der Waals surface area (Å²) in [5.74, 6) is 0.555. The van der Waals surface area contributed by atoms with E-state index in [0.717, 1.165) is 27.3 Å². The first kappa shape index (κ1) is 19.3. The minimum Gasteiger partial charge on any atom is -0.342 e. The number of thiophene rings is 1. The van der Waals surface area contributed by atoms with Crippen LogP contribution in [0.15, 0.2) is 78.3 Å². The highest BCUT2D eigenvalue weighted by molar-refractivity contribution is 7.13. The third-order valence-electron chi connectivity index (χ3n) is 5.11. The Morgan fingerprint density at radius 3 is 2.68 bits per heavy atom. The molecule has 31 heavy (non-hydrogen) atoms. The molecule has 0 aliphatic heterocycles. The van der Waals surface area contributed by atoms with E-state index in [1.807, 2.05) is 77.8 Å². The van der Waals surface area contributed by atoms with Gasteiger partial charge in [0, 0.05) is 6.20 Å². The first-order chi connectivity index (χ1) is 15.2. The molecule has 6 nitrogen and oxygen atoms in total. The van der Waals surface area contributed by atoms with Crippen molar-refractivity contribution in [3.63, 3.8) is 0 Å². The van der Waals surface area contributed by atoms with Crippen molar-refractivity contribution >= 4 is 28.3 Å². The van der Waals surface area contributed by atoms with Gasteiger partial charge in [-0.25, -0.2) is 4.98 Å². The van der Waals surface area contributed by atoms with Gasteiger partial charge in [-0.1, -0.05) is 48.5 Å². The van der Waals surface area contributed by atoms with Gasteiger partial charge in [-0.2, -0.15) is 5.10 Å². The van der Waals surface area contributed by atoms with Crippen LogP contribution < -0.4 is 5.32 Å². The molecule has 0 aliphatic rings. The number of nitrogens with one attached hydrogen (secondary N) is 2. The normalized spacial score (nSPS) is 12.2. The van der Waals surface area contributed by atoms with Gasteiger partial charge in [-0.05, 0) is 36.1 Å². The summed E-state index contributed by atoms with van der Waals surface area (Å²) in [5, 5.41) is 9.79. The number of amides is 1. The molecule has 154 valence electrons. The molecule has 2 N–H and O–H groups in total. The topological polar surface area (TPSA) is 75.6 Å². The third kappa shape index (κ3) is 4.00. The lowest BCUT2D eigenvalue weighted by molar-refractivity contribution is 0.0939. The minimum absolute atomic E-state index is 0.171. The third-order valence-corrected chi connectivity index (χ3v) is 5.99. The van der Waals surface area contributed by atoms with Crippen LogP contribution in [0.3, 0.4) is 0 Å². The lowest BCUT2D eigenvalue weighted by Gasteiger charge is -2.11. The van der Waals surface area contributed by atoms with Crippen molar-refractivity contribution in [3.8, 4) is 10.6 Å². The maximum atomic E-state index is 13.2. The lowest BCUT2D eigenvalue weighted by Crippen LogP contribution is -2.27. The minimum atomic E-state index is -0.270. The van der Waals surface area contributed by atoms with Crippen molar-refractivity contribution in [2.24, 2.45) is 0 Å². The molecule has 5 aromatic rings. The van der Waals surface area contributed by atoms with E-state index in [0.29, 0.717) is 17.8 Å². The molecule has 0 bridgehead atoms. The van der Waals surface area contributed by atoms with E-state index in [1.165, 1.54) is 0 Å². The van der Waals surface area contributed by atoms with Crippen LogP contribution in [0.25, 0.3) is 21.6 Å². The number of carbonyl (C=O) groups is 1. The number of aromatic amines is 1. The quantitative estimate of drug-likeness (QED) is 0.399. The van der Waals surface area contributed by atoms with Gasteiger partial charge >= 0.3 is 0 Å². The summed E-state index contributed by atoms with van der Waals surface area (Å²) >= 11 is 1.57. The van der Waals surface area contributed by atoms with Gasteiger partial charge in [-0.3, -0.25) is 9.48 Å². The van der Waals surface area contributed by atoms with Crippen LogP contribution >= 0.6 is 11.3 Å². The van der Waals surface area contributed by atoms with E-state index in [4.69, 9.17) is 5.10 Å². The smallest absolute Gasteiger partial charge is 0.255 e. The standard InChI is InChI=1S/C24H21N5OS/c1-16(23-26-19-10-5-6-11-20(19)27-23)25-24(30)18-15-29(14-17-8-3-2-4-9-17)28-22(18)21-12-7-13-31-21/h2-13,15-16H,14H2,1H3,(H,25,30)(H,26,27). The van der Waals surface area contributed by atoms with Crippen molar-refractivity contribution in [1.82, 2.24) is 25.1 Å². The number of hydrogen-bond acceptors (Lipinski definition) is 4. The second-order valence-corrected chi connectivity index (χ2v) is 8.33. The fraction of sp³-hybridized carbons (Fsp3) is 0.125. The number of rotatable bonds is 6. The number of fused-ring (bicyclic) bond motifs is 1. The fourth-order valence-corrected chi connectivity index (χ4v) is 4.28. The fourth-order valence-electron chi connectivity index (χ4n) is 3.55. The largest absolute Gasteiger partial charge is 0.342 e. The van der Waals surface area contributed by atoms with E-state index in [9.17, 15) is 4.79 Å². The number of H-pyrrole nitrogens is 1. The van der Waals surface area contributed by atoms with Gasteiger partial charge in [0.1, 0.15) is 11.5 Å². The number of benzene rings is 2. The van der Waals surface area contributed by atoms with Crippen LogP contribution in [-0.4, -0.2) is 25.7 Å². The Morgan fingerprint density at radius 1 is 1.10 bits per heavy atom. The molecule has 3 heterocycles. The Kier molecular flexibility index (Phi) is 5.09. The van der Waals surface area contributed by atoms with Crippen LogP contribution in [-0.2, 0) is 6.54 Å². The Balaban J connectivity index is 1.42. The van der Waals surface area contributed by atoms with E-state index >= 15 is 0 Å². The Morgan fingerprint density at radius 2 is 1.90 bits per heavy atom. The molecule has 0 fully saturated rings. The molecule has 0 radical (unpaired) electrons. The van der Waals surface area contributed by atoms with Crippen molar-refractivity contribution in [2.75, 3.05) is 0 Å². The summed E-state index contributed by atoms with van der Waals surface area (Å²) in [4.78, 5) is 22.1. The summed E-state index contributed by atoms with van der Waals surface area (Å²) in [6, 6.07) is 21.6. The average Bonchev–Trinajstić information content (AvgIpc) is 3.53. The second kappa shape index (κ2) is 8.20. The monoisotopic (exact) mass is 427 g/mol. The van der Waals surface area contributed by atoms with Crippen LogP contribution in [0, 0.1) is 0 Å². The molecule has 2 aromatic carbocycles. The molecule has 1 amide bonds. The van der Waals surface area contributed by atoms with Gasteiger partial charge in [0.15, 0.2) is 0 Å². The van der Waals surface area contributed by atoms with E-state index in [1.54, 1.807) is 11.3 Å². The molecule has 0 aliphatic carbocycles. The van der Waals surface area contributed by atoms with Crippen molar-refractivity contribution in [2.45, 2.75) is 19.5 Å². The maximum Gasteiger partial charge on any atom is 0.255 e. The van der Waals surface area contributed by atoms with Crippen molar-refractivity contribution in [3.05, 3.63) is 95.3 Å². The first-order valence-corrected chi connectivity index (χ1v) is 11.0. The summed E-state index contributed by atoms with van der Waals surface area (Å²) in [6.07, 6.45) is 1.82. The molecule has 1 unspecified atom stereocenters. The summed E-state index contributed by atoms with van der Waals surface area (Å²) < 4.78 is 1.82. The number of carbonyl (C=O) groups excluding carboxylic acids is 1. The first-order valence-electron chi connectivity index (χ1n) is 10.1. The van der Waals surface area contributed by atoms with E-state index in [2.05, 4.69) is 27.4 Å². The van der Waals surface area contributed by atoms with Gasteiger partial charge in [0.2, 0.25) is 0 Å². The number of hydrogen-bond donors (Lipinski definition) is 2. The summed E-state index contributed by atoms with van der Waals surface area (Å²) in [6.45, 7) is 2.53. The predicted molar refractivity (Wildman–Crippen MR) is 123 cm³/mol. The number of para-hydroxylation sites is 2. The molecule has 0 saturated heterocycles. The Bertz CT molecular complexity index is 1290. The van der Waals surface area contributed by atoms with Gasteiger partial charge in [0.05, 0.1) is 34.1 Å². The Hall–Kier alpha value is -3.71. The maximum absolute atomic E-state index is 13.2. The molecule has 0 saturated carbocycles. The molecule has 7 heteroatoms.